The van der Waals surface area contributed by atoms with Gasteiger partial charge in [0, 0.05) is 37.5 Å². The molecule has 0 unspecified atom stereocenters. The standard InChI is InChI=1S/C19H22N6O2/c1-14-22-18(23-27-14)12-24-7-4-15(5-8-24)11-25-13-21-17(9-19(25)26)16-3-2-6-20-10-16/h2-3,6,9-10,13,15H,4-5,7-8,11-12H2,1H3. The van der Waals surface area contributed by atoms with E-state index in [2.05, 4.69) is 25.0 Å². The first-order valence-corrected chi connectivity index (χ1v) is 9.16. The summed E-state index contributed by atoms with van der Waals surface area (Å²) in [5, 5.41) is 3.96. The van der Waals surface area contributed by atoms with Crippen molar-refractivity contribution >= 4 is 0 Å². The van der Waals surface area contributed by atoms with E-state index in [-0.39, 0.29) is 5.56 Å². The Morgan fingerprint density at radius 3 is 2.81 bits per heavy atom. The van der Waals surface area contributed by atoms with E-state index in [9.17, 15) is 4.79 Å². The van der Waals surface area contributed by atoms with Crippen LogP contribution in [0.5, 0.6) is 0 Å². The Morgan fingerprint density at radius 2 is 2.15 bits per heavy atom. The number of piperidine rings is 1. The molecule has 0 amide bonds. The van der Waals surface area contributed by atoms with E-state index in [0.29, 0.717) is 30.6 Å². The van der Waals surface area contributed by atoms with Gasteiger partial charge < -0.3 is 4.52 Å². The third-order valence-corrected chi connectivity index (χ3v) is 4.93. The van der Waals surface area contributed by atoms with Gasteiger partial charge in [-0.1, -0.05) is 5.16 Å². The summed E-state index contributed by atoms with van der Waals surface area (Å²) in [7, 11) is 0. The maximum absolute atomic E-state index is 12.5. The second kappa shape index (κ2) is 7.79. The zero-order valence-corrected chi connectivity index (χ0v) is 15.3. The van der Waals surface area contributed by atoms with Crippen LogP contribution in [-0.4, -0.2) is 42.7 Å². The average Bonchev–Trinajstić information content (AvgIpc) is 3.10. The predicted molar refractivity (Wildman–Crippen MR) is 98.8 cm³/mol. The lowest BCUT2D eigenvalue weighted by Gasteiger charge is -2.31. The molecule has 0 radical (unpaired) electrons. The second-order valence-electron chi connectivity index (χ2n) is 6.96. The van der Waals surface area contributed by atoms with Gasteiger partial charge in [0.05, 0.1) is 18.6 Å². The summed E-state index contributed by atoms with van der Waals surface area (Å²) in [5.74, 6) is 1.80. The van der Waals surface area contributed by atoms with E-state index in [0.717, 1.165) is 37.3 Å². The normalized spacial score (nSPS) is 15.9. The zero-order chi connectivity index (χ0) is 18.6. The molecule has 0 atom stereocenters. The number of aryl methyl sites for hydroxylation is 1. The van der Waals surface area contributed by atoms with Gasteiger partial charge in [-0.25, -0.2) is 4.98 Å². The van der Waals surface area contributed by atoms with Crippen molar-refractivity contribution < 1.29 is 4.52 Å². The van der Waals surface area contributed by atoms with Crippen LogP contribution in [0.1, 0.15) is 24.6 Å². The van der Waals surface area contributed by atoms with Gasteiger partial charge in [0.25, 0.3) is 5.56 Å². The number of nitrogens with zero attached hydrogens (tertiary/aromatic N) is 6. The van der Waals surface area contributed by atoms with Crippen molar-refractivity contribution in [1.82, 2.24) is 29.6 Å². The summed E-state index contributed by atoms with van der Waals surface area (Å²) in [6.07, 6.45) is 7.14. The van der Waals surface area contributed by atoms with Gasteiger partial charge in [-0.3, -0.25) is 19.2 Å². The molecule has 0 bridgehead atoms. The minimum Gasteiger partial charge on any atom is -0.340 e. The third kappa shape index (κ3) is 4.28. The summed E-state index contributed by atoms with van der Waals surface area (Å²) in [5.41, 5.74) is 1.50. The molecule has 1 aliphatic heterocycles. The molecule has 0 aliphatic carbocycles. The first-order chi connectivity index (χ1) is 13.2. The van der Waals surface area contributed by atoms with E-state index < -0.39 is 0 Å². The monoisotopic (exact) mass is 366 g/mol. The maximum Gasteiger partial charge on any atom is 0.253 e. The quantitative estimate of drug-likeness (QED) is 0.681. The zero-order valence-electron chi connectivity index (χ0n) is 15.3. The minimum absolute atomic E-state index is 0.0199. The van der Waals surface area contributed by atoms with Gasteiger partial charge in [0.2, 0.25) is 5.89 Å². The number of hydrogen-bond donors (Lipinski definition) is 0. The Morgan fingerprint density at radius 1 is 1.30 bits per heavy atom. The Labute approximate surface area is 156 Å². The Bertz CT molecular complexity index is 944. The minimum atomic E-state index is -0.0199. The number of rotatable bonds is 5. The fourth-order valence-electron chi connectivity index (χ4n) is 3.45. The molecule has 3 aromatic heterocycles. The number of pyridine rings is 1. The molecule has 3 aromatic rings. The first kappa shape index (κ1) is 17.5. The molecule has 1 aliphatic rings. The molecule has 27 heavy (non-hydrogen) atoms. The lowest BCUT2D eigenvalue weighted by atomic mass is 9.96. The van der Waals surface area contributed by atoms with Crippen molar-refractivity contribution in [3.05, 3.63) is 59.0 Å². The van der Waals surface area contributed by atoms with Crippen LogP contribution in [0.2, 0.25) is 0 Å². The van der Waals surface area contributed by atoms with Crippen LogP contribution in [0.15, 0.2) is 46.2 Å². The smallest absolute Gasteiger partial charge is 0.253 e. The molecule has 140 valence electrons. The Hall–Kier alpha value is -2.87. The van der Waals surface area contributed by atoms with Gasteiger partial charge in [-0.15, -0.1) is 0 Å². The number of aromatic nitrogens is 5. The predicted octanol–water partition coefficient (Wildman–Crippen LogP) is 1.91. The van der Waals surface area contributed by atoms with Crippen LogP contribution < -0.4 is 5.56 Å². The first-order valence-electron chi connectivity index (χ1n) is 9.16. The summed E-state index contributed by atoms with van der Waals surface area (Å²) >= 11 is 0. The van der Waals surface area contributed by atoms with E-state index >= 15 is 0 Å². The molecule has 8 heteroatoms. The molecule has 8 nitrogen and oxygen atoms in total. The maximum atomic E-state index is 12.5. The van der Waals surface area contributed by atoms with Gasteiger partial charge in [0.1, 0.15) is 0 Å². The Kier molecular flexibility index (Phi) is 5.06. The summed E-state index contributed by atoms with van der Waals surface area (Å²) in [4.78, 5) is 27.6. The van der Waals surface area contributed by atoms with Crippen LogP contribution in [0, 0.1) is 12.8 Å². The molecule has 0 spiro atoms. The third-order valence-electron chi connectivity index (χ3n) is 4.93. The summed E-state index contributed by atoms with van der Waals surface area (Å²) in [6, 6.07) is 5.33. The fourth-order valence-corrected chi connectivity index (χ4v) is 3.45. The number of likely N-dealkylation sites (tertiary alicyclic amines) is 1. The van der Waals surface area contributed by atoms with Crippen LogP contribution in [-0.2, 0) is 13.1 Å². The Balaban J connectivity index is 1.34. The highest BCUT2D eigenvalue weighted by Gasteiger charge is 2.21. The van der Waals surface area contributed by atoms with Crippen LogP contribution >= 0.6 is 0 Å². The van der Waals surface area contributed by atoms with Gasteiger partial charge in [0.15, 0.2) is 5.82 Å². The van der Waals surface area contributed by atoms with Crippen molar-refractivity contribution in [2.75, 3.05) is 13.1 Å². The SMILES string of the molecule is Cc1nc(CN2CCC(Cn3cnc(-c4cccnc4)cc3=O)CC2)no1. The van der Waals surface area contributed by atoms with E-state index in [1.54, 1.807) is 36.3 Å². The highest BCUT2D eigenvalue weighted by atomic mass is 16.5. The molecule has 0 aromatic carbocycles. The molecule has 1 saturated heterocycles. The molecule has 1 fully saturated rings. The van der Waals surface area contributed by atoms with Gasteiger partial charge >= 0.3 is 0 Å². The van der Waals surface area contributed by atoms with E-state index in [1.165, 1.54) is 0 Å². The lowest BCUT2D eigenvalue weighted by Crippen LogP contribution is -2.36. The molecule has 0 saturated carbocycles. The molecule has 4 heterocycles. The molecule has 4 rings (SSSR count). The number of hydrogen-bond acceptors (Lipinski definition) is 7. The van der Waals surface area contributed by atoms with Crippen LogP contribution in [0.25, 0.3) is 11.3 Å². The van der Waals surface area contributed by atoms with Crippen LogP contribution in [0.3, 0.4) is 0 Å². The second-order valence-corrected chi connectivity index (χ2v) is 6.96. The molecule has 0 N–H and O–H groups in total. The lowest BCUT2D eigenvalue weighted by molar-refractivity contribution is 0.161. The van der Waals surface area contributed by atoms with Gasteiger partial charge in [-0.05, 0) is 44.0 Å². The highest BCUT2D eigenvalue weighted by Crippen LogP contribution is 2.20. The fraction of sp³-hybridized carbons (Fsp3) is 0.421. The highest BCUT2D eigenvalue weighted by molar-refractivity contribution is 5.56. The van der Waals surface area contributed by atoms with Crippen molar-refractivity contribution in [2.45, 2.75) is 32.9 Å². The summed E-state index contributed by atoms with van der Waals surface area (Å²) in [6.45, 7) is 5.15. The molecular formula is C19H22N6O2. The van der Waals surface area contributed by atoms with Crippen molar-refractivity contribution in [1.29, 1.82) is 0 Å². The van der Waals surface area contributed by atoms with Crippen molar-refractivity contribution in [3.63, 3.8) is 0 Å². The molecular weight excluding hydrogens is 344 g/mol. The van der Waals surface area contributed by atoms with E-state index in [4.69, 9.17) is 4.52 Å². The van der Waals surface area contributed by atoms with Gasteiger partial charge in [-0.2, -0.15) is 4.98 Å². The topological polar surface area (TPSA) is 89.9 Å². The van der Waals surface area contributed by atoms with E-state index in [1.807, 2.05) is 12.1 Å². The average molecular weight is 366 g/mol. The van der Waals surface area contributed by atoms with Crippen molar-refractivity contribution in [3.8, 4) is 11.3 Å². The van der Waals surface area contributed by atoms with Crippen LogP contribution in [0.4, 0.5) is 0 Å². The summed E-state index contributed by atoms with van der Waals surface area (Å²) < 4.78 is 6.74. The van der Waals surface area contributed by atoms with Crippen molar-refractivity contribution in [2.24, 2.45) is 5.92 Å². The largest absolute Gasteiger partial charge is 0.340 e.